The van der Waals surface area contributed by atoms with Gasteiger partial charge in [0, 0.05) is 7.11 Å². The highest BCUT2D eigenvalue weighted by molar-refractivity contribution is 4.73. The topological polar surface area (TPSA) is 81.5 Å². The van der Waals surface area contributed by atoms with E-state index in [1.165, 1.54) is 7.11 Å². The zero-order valence-electron chi connectivity index (χ0n) is 4.92. The summed E-state index contributed by atoms with van der Waals surface area (Å²) in [5.41, 5.74) is 9.38. The highest BCUT2D eigenvalue weighted by Gasteiger charge is 2.15. The molecule has 50 valence electrons. The summed E-state index contributed by atoms with van der Waals surface area (Å²) < 4.78 is 4.59. The summed E-state index contributed by atoms with van der Waals surface area (Å²) in [6, 6.07) is 0. The van der Waals surface area contributed by atoms with Crippen LogP contribution in [0, 0.1) is 0 Å². The van der Waals surface area contributed by atoms with Crippen molar-refractivity contribution in [2.24, 2.45) is 11.5 Å². The van der Waals surface area contributed by atoms with Gasteiger partial charge in [0.15, 0.2) is 0 Å². The van der Waals surface area contributed by atoms with Gasteiger partial charge in [-0.1, -0.05) is 0 Å². The lowest BCUT2D eigenvalue weighted by Crippen LogP contribution is -2.56. The van der Waals surface area contributed by atoms with E-state index >= 15 is 0 Å². The number of rotatable bonds is 3. The van der Waals surface area contributed by atoms with Crippen LogP contribution >= 0.6 is 0 Å². The van der Waals surface area contributed by atoms with Crippen LogP contribution in [0.4, 0.5) is 0 Å². The fourth-order valence-electron chi connectivity index (χ4n) is 0.314. The number of nitrogens with two attached hydrogens (primary N) is 2. The molecule has 0 saturated carbocycles. The lowest BCUT2D eigenvalue weighted by Gasteiger charge is -2.19. The summed E-state index contributed by atoms with van der Waals surface area (Å²) in [4.78, 5) is 0. The molecule has 4 nitrogen and oxygen atoms in total. The minimum Gasteiger partial charge on any atom is -0.393 e. The Labute approximate surface area is 48.4 Å². The van der Waals surface area contributed by atoms with E-state index in [1.807, 2.05) is 0 Å². The van der Waals surface area contributed by atoms with E-state index in [0.29, 0.717) is 0 Å². The van der Waals surface area contributed by atoms with Crippen LogP contribution in [0.5, 0.6) is 0 Å². The number of hydrogen-bond donors (Lipinski definition) is 3. The number of ether oxygens (including phenoxy) is 1. The molecule has 0 aromatic rings. The molecular formula is C4H12N2O2. The smallest absolute Gasteiger partial charge is 0.111 e. The summed E-state index contributed by atoms with van der Waals surface area (Å²) in [6.07, 6.45) is 0. The van der Waals surface area contributed by atoms with Crippen LogP contribution in [0.1, 0.15) is 0 Å². The monoisotopic (exact) mass is 120 g/mol. The van der Waals surface area contributed by atoms with E-state index in [9.17, 15) is 0 Å². The molecule has 0 aliphatic rings. The first-order chi connectivity index (χ1) is 3.62. The SMILES string of the molecule is COCC(N)(N)CO. The quantitative estimate of drug-likeness (QED) is 0.385. The van der Waals surface area contributed by atoms with E-state index in [2.05, 4.69) is 4.74 Å². The predicted octanol–water partition coefficient (Wildman–Crippen LogP) is -1.76. The molecule has 0 rings (SSSR count). The highest BCUT2D eigenvalue weighted by atomic mass is 16.5. The Morgan fingerprint density at radius 2 is 2.12 bits per heavy atom. The van der Waals surface area contributed by atoms with Crippen molar-refractivity contribution >= 4 is 0 Å². The Balaban J connectivity index is 3.37. The molecule has 8 heavy (non-hydrogen) atoms. The number of hydrogen-bond acceptors (Lipinski definition) is 4. The molecular weight excluding hydrogens is 108 g/mol. The first-order valence-electron chi connectivity index (χ1n) is 2.30. The van der Waals surface area contributed by atoms with Crippen molar-refractivity contribution in [3.8, 4) is 0 Å². The Kier molecular flexibility index (Phi) is 2.93. The van der Waals surface area contributed by atoms with Crippen LogP contribution in [0.3, 0.4) is 0 Å². The van der Waals surface area contributed by atoms with Gasteiger partial charge in [-0.3, -0.25) is 0 Å². The molecule has 0 heterocycles. The van der Waals surface area contributed by atoms with Crippen molar-refractivity contribution < 1.29 is 9.84 Å². The van der Waals surface area contributed by atoms with E-state index < -0.39 is 5.66 Å². The molecule has 0 radical (unpaired) electrons. The molecule has 0 spiro atoms. The lowest BCUT2D eigenvalue weighted by atomic mass is 10.2. The zero-order valence-corrected chi connectivity index (χ0v) is 4.92. The van der Waals surface area contributed by atoms with Crippen LogP contribution in [0.2, 0.25) is 0 Å². The molecule has 4 heteroatoms. The minimum absolute atomic E-state index is 0.170. The third kappa shape index (κ3) is 2.92. The summed E-state index contributed by atoms with van der Waals surface area (Å²) >= 11 is 0. The first-order valence-corrected chi connectivity index (χ1v) is 2.30. The molecule has 0 fully saturated rings. The predicted molar refractivity (Wildman–Crippen MR) is 30.1 cm³/mol. The lowest BCUT2D eigenvalue weighted by molar-refractivity contribution is 0.0904. The second-order valence-electron chi connectivity index (χ2n) is 1.82. The van der Waals surface area contributed by atoms with Crippen molar-refractivity contribution in [2.45, 2.75) is 5.66 Å². The van der Waals surface area contributed by atoms with Crippen molar-refractivity contribution in [3.05, 3.63) is 0 Å². The van der Waals surface area contributed by atoms with Gasteiger partial charge in [0.05, 0.1) is 13.2 Å². The molecule has 0 atom stereocenters. The second kappa shape index (κ2) is 2.99. The van der Waals surface area contributed by atoms with Gasteiger partial charge in [0.2, 0.25) is 0 Å². The standard InChI is InChI=1S/C4H12N2O2/c1-8-3-4(5,6)2-7/h7H,2-3,5-6H2,1H3. The number of methoxy groups -OCH3 is 1. The maximum Gasteiger partial charge on any atom is 0.111 e. The average molecular weight is 120 g/mol. The molecule has 0 bridgehead atoms. The Hall–Kier alpha value is -0.160. The zero-order chi connectivity index (χ0) is 6.62. The summed E-state index contributed by atoms with van der Waals surface area (Å²) in [6.45, 7) is -0.0929. The van der Waals surface area contributed by atoms with Gasteiger partial charge < -0.3 is 21.3 Å². The maximum atomic E-state index is 8.40. The van der Waals surface area contributed by atoms with Gasteiger partial charge in [-0.15, -0.1) is 0 Å². The van der Waals surface area contributed by atoms with Crippen molar-refractivity contribution in [1.82, 2.24) is 0 Å². The largest absolute Gasteiger partial charge is 0.393 e. The van der Waals surface area contributed by atoms with Crippen LogP contribution in [-0.4, -0.2) is 31.1 Å². The van der Waals surface area contributed by atoms with Gasteiger partial charge in [0.25, 0.3) is 0 Å². The highest BCUT2D eigenvalue weighted by Crippen LogP contribution is 1.86. The normalized spacial score (nSPS) is 12.0. The third-order valence-corrected chi connectivity index (χ3v) is 0.707. The maximum absolute atomic E-state index is 8.40. The van der Waals surface area contributed by atoms with Gasteiger partial charge in [-0.2, -0.15) is 0 Å². The van der Waals surface area contributed by atoms with Gasteiger partial charge >= 0.3 is 0 Å². The van der Waals surface area contributed by atoms with Crippen molar-refractivity contribution in [2.75, 3.05) is 20.3 Å². The Morgan fingerprint density at radius 3 is 2.25 bits per heavy atom. The van der Waals surface area contributed by atoms with E-state index in [1.54, 1.807) is 0 Å². The third-order valence-electron chi connectivity index (χ3n) is 0.707. The minimum atomic E-state index is -1.07. The summed E-state index contributed by atoms with van der Waals surface area (Å²) in [5.74, 6) is 0. The summed E-state index contributed by atoms with van der Waals surface area (Å²) in [5, 5.41) is 8.40. The average Bonchev–Trinajstić information content (AvgIpc) is 1.67. The van der Waals surface area contributed by atoms with E-state index in [4.69, 9.17) is 16.6 Å². The first kappa shape index (κ1) is 7.84. The Bertz CT molecular complexity index is 65.1. The van der Waals surface area contributed by atoms with Gasteiger partial charge in [0.1, 0.15) is 5.66 Å². The van der Waals surface area contributed by atoms with Gasteiger partial charge in [-0.05, 0) is 0 Å². The van der Waals surface area contributed by atoms with Crippen LogP contribution < -0.4 is 11.5 Å². The molecule has 0 saturated heterocycles. The Morgan fingerprint density at radius 1 is 1.62 bits per heavy atom. The van der Waals surface area contributed by atoms with E-state index in [0.717, 1.165) is 0 Å². The van der Waals surface area contributed by atoms with E-state index in [-0.39, 0.29) is 13.2 Å². The van der Waals surface area contributed by atoms with Crippen LogP contribution in [-0.2, 0) is 4.74 Å². The van der Waals surface area contributed by atoms with Gasteiger partial charge in [-0.25, -0.2) is 0 Å². The fraction of sp³-hybridized carbons (Fsp3) is 1.00. The van der Waals surface area contributed by atoms with Crippen LogP contribution in [0.25, 0.3) is 0 Å². The summed E-state index contributed by atoms with van der Waals surface area (Å²) in [7, 11) is 1.48. The molecule has 0 aromatic heterocycles. The van der Waals surface area contributed by atoms with Crippen LogP contribution in [0.15, 0.2) is 0 Å². The second-order valence-corrected chi connectivity index (χ2v) is 1.82. The number of aliphatic hydroxyl groups excluding tert-OH is 1. The molecule has 0 amide bonds. The molecule has 0 aliphatic heterocycles. The molecule has 5 N–H and O–H groups in total. The molecule has 0 unspecified atom stereocenters. The molecule has 0 aromatic carbocycles. The number of aliphatic hydroxyl groups is 1. The molecule has 0 aliphatic carbocycles. The van der Waals surface area contributed by atoms with Crippen molar-refractivity contribution in [3.63, 3.8) is 0 Å². The fourth-order valence-corrected chi connectivity index (χ4v) is 0.314. The van der Waals surface area contributed by atoms with Crippen molar-refractivity contribution in [1.29, 1.82) is 0 Å².